The molecule has 0 saturated heterocycles. The lowest BCUT2D eigenvalue weighted by atomic mass is 10.1. The maximum absolute atomic E-state index is 3.88. The molecule has 0 aromatic carbocycles. The average Bonchev–Trinajstić information content (AvgIpc) is 1.77. The molecule has 0 atom stereocenters. The first-order chi connectivity index (χ1) is 3.80. The standard InChI is InChI=1S/C6H10N2/c1-5-3-7-8-4-6(5)2/h3,8H,4H2,1-2H3. The van der Waals surface area contributed by atoms with Gasteiger partial charge in [-0.3, -0.25) is 0 Å². The van der Waals surface area contributed by atoms with Gasteiger partial charge in [0.25, 0.3) is 0 Å². The molecule has 0 amide bonds. The number of nitrogens with zero attached hydrogens (tertiary/aromatic N) is 1. The van der Waals surface area contributed by atoms with Gasteiger partial charge < -0.3 is 5.43 Å². The number of nitrogens with one attached hydrogen (secondary N) is 1. The van der Waals surface area contributed by atoms with Crippen molar-refractivity contribution in [3.05, 3.63) is 11.1 Å². The molecule has 1 heterocycles. The van der Waals surface area contributed by atoms with Gasteiger partial charge in [0.2, 0.25) is 0 Å². The summed E-state index contributed by atoms with van der Waals surface area (Å²) in [6.07, 6.45) is 1.85. The molecule has 1 N–H and O–H groups in total. The second kappa shape index (κ2) is 1.99. The van der Waals surface area contributed by atoms with Crippen molar-refractivity contribution in [1.82, 2.24) is 5.43 Å². The number of hydrogen-bond donors (Lipinski definition) is 1. The van der Waals surface area contributed by atoms with Crippen molar-refractivity contribution >= 4 is 6.21 Å². The molecule has 1 aliphatic heterocycles. The van der Waals surface area contributed by atoms with Crippen molar-refractivity contribution in [1.29, 1.82) is 0 Å². The van der Waals surface area contributed by atoms with Gasteiger partial charge in [-0.2, -0.15) is 5.10 Å². The van der Waals surface area contributed by atoms with Gasteiger partial charge in [-0.1, -0.05) is 0 Å². The Morgan fingerprint density at radius 3 is 2.75 bits per heavy atom. The maximum atomic E-state index is 3.88. The summed E-state index contributed by atoms with van der Waals surface area (Å²) in [6, 6.07) is 0. The fourth-order valence-corrected chi connectivity index (χ4v) is 0.556. The number of hydrazone groups is 1. The van der Waals surface area contributed by atoms with Crippen LogP contribution in [0.1, 0.15) is 13.8 Å². The highest BCUT2D eigenvalue weighted by molar-refractivity contribution is 5.79. The zero-order valence-electron chi connectivity index (χ0n) is 5.23. The molecule has 2 heteroatoms. The van der Waals surface area contributed by atoms with Gasteiger partial charge in [-0.25, -0.2) is 0 Å². The van der Waals surface area contributed by atoms with Crippen LogP contribution in [0.4, 0.5) is 0 Å². The molecule has 0 unspecified atom stereocenters. The van der Waals surface area contributed by atoms with E-state index in [4.69, 9.17) is 0 Å². The molecule has 0 fully saturated rings. The molecular weight excluding hydrogens is 100 g/mol. The molecule has 0 aliphatic carbocycles. The number of allylic oxidation sites excluding steroid dienone is 1. The molecule has 44 valence electrons. The summed E-state index contributed by atoms with van der Waals surface area (Å²) in [5, 5.41) is 3.88. The molecule has 0 aromatic heterocycles. The first kappa shape index (κ1) is 5.35. The predicted octanol–water partition coefficient (Wildman–Crippen LogP) is 0.912. The first-order valence-electron chi connectivity index (χ1n) is 2.73. The van der Waals surface area contributed by atoms with Gasteiger partial charge in [0.1, 0.15) is 0 Å². The van der Waals surface area contributed by atoms with E-state index in [1.807, 2.05) is 6.21 Å². The molecule has 2 nitrogen and oxygen atoms in total. The van der Waals surface area contributed by atoms with Crippen LogP contribution in [0.25, 0.3) is 0 Å². The lowest BCUT2D eigenvalue weighted by Crippen LogP contribution is -2.14. The van der Waals surface area contributed by atoms with Crippen LogP contribution in [-0.4, -0.2) is 12.8 Å². The Bertz CT molecular complexity index is 145. The van der Waals surface area contributed by atoms with Crippen LogP contribution >= 0.6 is 0 Å². The lowest BCUT2D eigenvalue weighted by Gasteiger charge is -2.07. The van der Waals surface area contributed by atoms with Crippen LogP contribution in [0, 0.1) is 0 Å². The zero-order chi connectivity index (χ0) is 5.98. The van der Waals surface area contributed by atoms with Crippen molar-refractivity contribution in [3.63, 3.8) is 0 Å². The van der Waals surface area contributed by atoms with Crippen LogP contribution in [0.2, 0.25) is 0 Å². The lowest BCUT2D eigenvalue weighted by molar-refractivity contribution is 0.785. The van der Waals surface area contributed by atoms with E-state index in [0.717, 1.165) is 6.54 Å². The van der Waals surface area contributed by atoms with E-state index in [9.17, 15) is 0 Å². The summed E-state index contributed by atoms with van der Waals surface area (Å²) in [7, 11) is 0. The van der Waals surface area contributed by atoms with E-state index in [2.05, 4.69) is 24.4 Å². The summed E-state index contributed by atoms with van der Waals surface area (Å²) in [5.41, 5.74) is 5.53. The van der Waals surface area contributed by atoms with Gasteiger partial charge in [-0.05, 0) is 25.0 Å². The molecule has 8 heavy (non-hydrogen) atoms. The van der Waals surface area contributed by atoms with Gasteiger partial charge in [0.15, 0.2) is 0 Å². The van der Waals surface area contributed by atoms with Gasteiger partial charge in [-0.15, -0.1) is 0 Å². The molecular formula is C6H10N2. The van der Waals surface area contributed by atoms with E-state index in [1.165, 1.54) is 11.1 Å². The molecule has 0 spiro atoms. The van der Waals surface area contributed by atoms with Crippen LogP contribution in [0.15, 0.2) is 16.2 Å². The van der Waals surface area contributed by atoms with Gasteiger partial charge in [0.05, 0.1) is 6.54 Å². The molecule has 0 bridgehead atoms. The van der Waals surface area contributed by atoms with E-state index >= 15 is 0 Å². The fraction of sp³-hybridized carbons (Fsp3) is 0.500. The third kappa shape index (κ3) is 0.886. The highest BCUT2D eigenvalue weighted by Gasteiger charge is 1.96. The monoisotopic (exact) mass is 110 g/mol. The predicted molar refractivity (Wildman–Crippen MR) is 34.9 cm³/mol. The third-order valence-corrected chi connectivity index (χ3v) is 1.37. The highest BCUT2D eigenvalue weighted by atomic mass is 15.3. The smallest absolute Gasteiger partial charge is 0.0543 e. The van der Waals surface area contributed by atoms with E-state index in [0.29, 0.717) is 0 Å². The summed E-state index contributed by atoms with van der Waals surface area (Å²) in [5.74, 6) is 0. The van der Waals surface area contributed by atoms with E-state index < -0.39 is 0 Å². The minimum atomic E-state index is 0.905. The Labute approximate surface area is 49.3 Å². The molecule has 0 saturated carbocycles. The summed E-state index contributed by atoms with van der Waals surface area (Å²) >= 11 is 0. The minimum absolute atomic E-state index is 0.905. The zero-order valence-corrected chi connectivity index (χ0v) is 5.23. The van der Waals surface area contributed by atoms with Gasteiger partial charge >= 0.3 is 0 Å². The van der Waals surface area contributed by atoms with Crippen molar-refractivity contribution in [2.75, 3.05) is 6.54 Å². The van der Waals surface area contributed by atoms with Crippen LogP contribution in [0.3, 0.4) is 0 Å². The Morgan fingerprint density at radius 1 is 1.62 bits per heavy atom. The molecule has 1 rings (SSSR count). The quantitative estimate of drug-likeness (QED) is 0.492. The topological polar surface area (TPSA) is 24.4 Å². The summed E-state index contributed by atoms with van der Waals surface area (Å²) in [6.45, 7) is 5.08. The molecule has 1 aliphatic rings. The van der Waals surface area contributed by atoms with Crippen molar-refractivity contribution in [2.45, 2.75) is 13.8 Å². The average molecular weight is 110 g/mol. The summed E-state index contributed by atoms with van der Waals surface area (Å²) < 4.78 is 0. The highest BCUT2D eigenvalue weighted by Crippen LogP contribution is 2.01. The van der Waals surface area contributed by atoms with Crippen molar-refractivity contribution < 1.29 is 0 Å². The fourth-order valence-electron chi connectivity index (χ4n) is 0.556. The largest absolute Gasteiger partial charge is 0.306 e. The number of hydrogen-bond acceptors (Lipinski definition) is 2. The maximum Gasteiger partial charge on any atom is 0.0543 e. The Morgan fingerprint density at radius 2 is 2.38 bits per heavy atom. The number of rotatable bonds is 0. The Kier molecular flexibility index (Phi) is 1.33. The second-order valence-corrected chi connectivity index (χ2v) is 2.06. The Hall–Kier alpha value is -0.790. The van der Waals surface area contributed by atoms with Crippen molar-refractivity contribution in [2.24, 2.45) is 5.10 Å². The van der Waals surface area contributed by atoms with E-state index in [1.54, 1.807) is 0 Å². The van der Waals surface area contributed by atoms with Crippen LogP contribution < -0.4 is 5.43 Å². The van der Waals surface area contributed by atoms with Crippen LogP contribution in [-0.2, 0) is 0 Å². The summed E-state index contributed by atoms with van der Waals surface area (Å²) in [4.78, 5) is 0. The van der Waals surface area contributed by atoms with Gasteiger partial charge in [0, 0.05) is 6.21 Å². The first-order valence-corrected chi connectivity index (χ1v) is 2.73. The van der Waals surface area contributed by atoms with Crippen LogP contribution in [0.5, 0.6) is 0 Å². The Balaban J connectivity index is 2.76. The molecule has 0 radical (unpaired) electrons. The third-order valence-electron chi connectivity index (χ3n) is 1.37. The SMILES string of the molecule is CC1=C(C)CNN=C1. The normalized spacial score (nSPS) is 18.8. The molecule has 0 aromatic rings. The van der Waals surface area contributed by atoms with Crippen molar-refractivity contribution in [3.8, 4) is 0 Å². The minimum Gasteiger partial charge on any atom is -0.306 e. The van der Waals surface area contributed by atoms with E-state index in [-0.39, 0.29) is 0 Å². The second-order valence-electron chi connectivity index (χ2n) is 2.06.